The predicted molar refractivity (Wildman–Crippen MR) is 143 cm³/mol. The standard InChI is InChI=1S/C26H38N5O5P/c1-20(2)31(21(3)4)37(34-17-9-15-27)35-18-23-12-13-25(36-23)30(5)16-14-24(28-19-32)29-26(33)22-10-7-6-8-11-22/h6-8,10-11,14,16,19-21,23,25H,9,12-13,17-18H2,1-5H3,(H,28,29,32,33)/b16-14-. The third-order valence-electron chi connectivity index (χ3n) is 5.51. The van der Waals surface area contributed by atoms with Crippen molar-refractivity contribution in [3.8, 4) is 6.07 Å². The summed E-state index contributed by atoms with van der Waals surface area (Å²) in [6.07, 6.45) is 5.29. The molecule has 0 spiro atoms. The van der Waals surface area contributed by atoms with Crippen LogP contribution in [-0.4, -0.2) is 72.4 Å². The maximum absolute atomic E-state index is 12.4. The van der Waals surface area contributed by atoms with Crippen LogP contribution in [0.2, 0.25) is 0 Å². The fourth-order valence-corrected chi connectivity index (χ4v) is 5.44. The maximum atomic E-state index is 12.4. The lowest BCUT2D eigenvalue weighted by atomic mass is 10.2. The Kier molecular flexibility index (Phi) is 13.4. The molecule has 0 aliphatic carbocycles. The van der Waals surface area contributed by atoms with Crippen LogP contribution in [0.3, 0.4) is 0 Å². The van der Waals surface area contributed by atoms with Crippen LogP contribution in [0, 0.1) is 11.3 Å². The molecule has 202 valence electrons. The molecule has 2 amide bonds. The number of amidine groups is 1. The summed E-state index contributed by atoms with van der Waals surface area (Å²) in [4.78, 5) is 29.0. The molecule has 0 bridgehead atoms. The van der Waals surface area contributed by atoms with Crippen LogP contribution in [-0.2, 0) is 18.6 Å². The number of nitriles is 1. The number of carbonyl (C=O) groups excluding carboxylic acids is 2. The summed E-state index contributed by atoms with van der Waals surface area (Å²) in [5.74, 6) is -0.218. The first-order valence-electron chi connectivity index (χ1n) is 12.4. The zero-order chi connectivity index (χ0) is 27.2. The summed E-state index contributed by atoms with van der Waals surface area (Å²) in [5.41, 5.74) is 0.467. The Bertz CT molecular complexity index is 942. The van der Waals surface area contributed by atoms with Gasteiger partial charge in [-0.1, -0.05) is 18.2 Å². The summed E-state index contributed by atoms with van der Waals surface area (Å²) in [6, 6.07) is 11.3. The van der Waals surface area contributed by atoms with Gasteiger partial charge in [0.05, 0.1) is 31.8 Å². The van der Waals surface area contributed by atoms with Gasteiger partial charge in [0.15, 0.2) is 0 Å². The summed E-state index contributed by atoms with van der Waals surface area (Å²) >= 11 is 0. The molecule has 1 heterocycles. The minimum Gasteiger partial charge on any atom is -0.355 e. The second kappa shape index (κ2) is 16.2. The second-order valence-corrected chi connectivity index (χ2v) is 10.5. The van der Waals surface area contributed by atoms with E-state index < -0.39 is 8.53 Å². The van der Waals surface area contributed by atoms with E-state index in [-0.39, 0.29) is 36.2 Å². The molecular weight excluding hydrogens is 493 g/mol. The molecule has 10 nitrogen and oxygen atoms in total. The quantitative estimate of drug-likeness (QED) is 0.125. The van der Waals surface area contributed by atoms with Crippen molar-refractivity contribution in [3.63, 3.8) is 0 Å². The first-order chi connectivity index (χ1) is 17.8. The largest absolute Gasteiger partial charge is 0.355 e. The second-order valence-electron chi connectivity index (χ2n) is 9.05. The number of amides is 2. The maximum Gasteiger partial charge on any atom is 0.259 e. The normalized spacial score (nSPS) is 18.9. The fourth-order valence-electron chi connectivity index (χ4n) is 3.81. The average Bonchev–Trinajstić information content (AvgIpc) is 3.35. The highest BCUT2D eigenvalue weighted by Gasteiger charge is 2.31. The van der Waals surface area contributed by atoms with Crippen molar-refractivity contribution in [3.05, 3.63) is 48.2 Å². The van der Waals surface area contributed by atoms with Gasteiger partial charge < -0.3 is 24.0 Å². The van der Waals surface area contributed by atoms with Gasteiger partial charge in [-0.25, -0.2) is 4.67 Å². The first kappa shape index (κ1) is 30.6. The van der Waals surface area contributed by atoms with Crippen LogP contribution in [0.4, 0.5) is 0 Å². The highest BCUT2D eigenvalue weighted by Crippen LogP contribution is 2.46. The van der Waals surface area contributed by atoms with Gasteiger partial charge in [-0.3, -0.25) is 9.59 Å². The van der Waals surface area contributed by atoms with Gasteiger partial charge >= 0.3 is 0 Å². The Balaban J connectivity index is 1.92. The number of nitrogens with zero attached hydrogens (tertiary/aromatic N) is 4. The topological polar surface area (TPSA) is 116 Å². The summed E-state index contributed by atoms with van der Waals surface area (Å²) in [6.45, 7) is 9.10. The van der Waals surface area contributed by atoms with Gasteiger partial charge in [-0.2, -0.15) is 10.3 Å². The third-order valence-corrected chi connectivity index (χ3v) is 7.58. The summed E-state index contributed by atoms with van der Waals surface area (Å²) in [5, 5.41) is 11.5. The first-order valence-corrected chi connectivity index (χ1v) is 13.5. The molecule has 1 aromatic carbocycles. The number of ether oxygens (including phenoxy) is 1. The van der Waals surface area contributed by atoms with Gasteiger partial charge in [0, 0.05) is 30.9 Å². The van der Waals surface area contributed by atoms with Crippen molar-refractivity contribution in [2.75, 3.05) is 20.3 Å². The van der Waals surface area contributed by atoms with E-state index in [1.165, 1.54) is 0 Å². The zero-order valence-corrected chi connectivity index (χ0v) is 23.1. The van der Waals surface area contributed by atoms with Crippen molar-refractivity contribution >= 4 is 26.7 Å². The highest BCUT2D eigenvalue weighted by atomic mass is 31.2. The summed E-state index contributed by atoms with van der Waals surface area (Å²) < 4.78 is 20.5. The molecule has 2 rings (SSSR count). The molecule has 1 N–H and O–H groups in total. The lowest BCUT2D eigenvalue weighted by Crippen LogP contribution is -2.34. The number of carbonyl (C=O) groups is 2. The lowest BCUT2D eigenvalue weighted by Gasteiger charge is -2.36. The summed E-state index contributed by atoms with van der Waals surface area (Å²) in [7, 11) is 0.538. The number of benzene rings is 1. The van der Waals surface area contributed by atoms with Crippen LogP contribution in [0.1, 0.15) is 57.3 Å². The van der Waals surface area contributed by atoms with Gasteiger partial charge in [0.25, 0.3) is 14.4 Å². The molecule has 1 fully saturated rings. The fraction of sp³-hybridized carbons (Fsp3) is 0.538. The molecule has 1 aliphatic rings. The predicted octanol–water partition coefficient (Wildman–Crippen LogP) is 4.21. The Hall–Kier alpha value is -2.67. The van der Waals surface area contributed by atoms with E-state index in [1.807, 2.05) is 18.0 Å². The zero-order valence-electron chi connectivity index (χ0n) is 22.2. The van der Waals surface area contributed by atoms with E-state index in [0.29, 0.717) is 31.6 Å². The number of rotatable bonds is 14. The molecule has 1 aromatic rings. The Labute approximate surface area is 221 Å². The van der Waals surface area contributed by atoms with Crippen LogP contribution in [0.15, 0.2) is 47.6 Å². The Morgan fingerprint density at radius 3 is 2.57 bits per heavy atom. The van der Waals surface area contributed by atoms with Crippen molar-refractivity contribution in [1.82, 2.24) is 14.9 Å². The van der Waals surface area contributed by atoms with Gasteiger partial charge in [-0.15, -0.1) is 0 Å². The third kappa shape index (κ3) is 10.3. The van der Waals surface area contributed by atoms with Gasteiger partial charge in [0.2, 0.25) is 6.41 Å². The monoisotopic (exact) mass is 531 g/mol. The van der Waals surface area contributed by atoms with E-state index in [2.05, 4.69) is 48.7 Å². The van der Waals surface area contributed by atoms with Gasteiger partial charge in [-0.05, 0) is 58.7 Å². The van der Waals surface area contributed by atoms with Crippen molar-refractivity contribution in [2.24, 2.45) is 4.99 Å². The molecule has 3 atom stereocenters. The smallest absolute Gasteiger partial charge is 0.259 e. The number of hydrogen-bond donors (Lipinski definition) is 1. The minimum atomic E-state index is -1.32. The molecule has 37 heavy (non-hydrogen) atoms. The van der Waals surface area contributed by atoms with Crippen LogP contribution in [0.5, 0.6) is 0 Å². The Morgan fingerprint density at radius 1 is 1.24 bits per heavy atom. The van der Waals surface area contributed by atoms with Crippen LogP contribution in [0.25, 0.3) is 0 Å². The van der Waals surface area contributed by atoms with Crippen LogP contribution >= 0.6 is 8.53 Å². The SMILES string of the molecule is CC(C)N(C(C)C)P(OCCC#N)OCC1CCC(N(C)/C=C\C(=NC=O)NC(=O)c2ccccc2)O1. The molecule has 11 heteroatoms. The average molecular weight is 532 g/mol. The molecule has 0 saturated carbocycles. The van der Waals surface area contributed by atoms with Crippen molar-refractivity contribution < 1.29 is 23.4 Å². The number of nitrogens with one attached hydrogen (secondary N) is 1. The van der Waals surface area contributed by atoms with Crippen molar-refractivity contribution in [2.45, 2.75) is 71.4 Å². The van der Waals surface area contributed by atoms with E-state index >= 15 is 0 Å². The van der Waals surface area contributed by atoms with E-state index in [9.17, 15) is 9.59 Å². The molecule has 1 aliphatic heterocycles. The lowest BCUT2D eigenvalue weighted by molar-refractivity contribution is -0.106. The number of hydrogen-bond acceptors (Lipinski definition) is 8. The molecule has 1 saturated heterocycles. The minimum absolute atomic E-state index is 0.104. The van der Waals surface area contributed by atoms with E-state index in [1.54, 1.807) is 36.5 Å². The van der Waals surface area contributed by atoms with E-state index in [4.69, 9.17) is 19.0 Å². The molecule has 3 unspecified atom stereocenters. The highest BCUT2D eigenvalue weighted by molar-refractivity contribution is 7.44. The molecule has 0 aromatic heterocycles. The van der Waals surface area contributed by atoms with Crippen molar-refractivity contribution in [1.29, 1.82) is 5.26 Å². The Morgan fingerprint density at radius 2 is 1.95 bits per heavy atom. The molecular formula is C26H38N5O5P. The van der Waals surface area contributed by atoms with Gasteiger partial charge in [0.1, 0.15) is 12.1 Å². The number of aliphatic imine (C=N–C) groups is 1. The molecule has 0 radical (unpaired) electrons. The van der Waals surface area contributed by atoms with Crippen LogP contribution < -0.4 is 5.32 Å². The van der Waals surface area contributed by atoms with E-state index in [0.717, 1.165) is 12.8 Å².